The van der Waals surface area contributed by atoms with Gasteiger partial charge in [-0.05, 0) is 25.5 Å². The van der Waals surface area contributed by atoms with E-state index in [4.69, 9.17) is 10.5 Å². The molecule has 1 amide bonds. The minimum absolute atomic E-state index is 0.123. The monoisotopic (exact) mass is 260 g/mol. The summed E-state index contributed by atoms with van der Waals surface area (Å²) in [6.07, 6.45) is -0.459. The third-order valence-corrected chi connectivity index (χ3v) is 2.40. The van der Waals surface area contributed by atoms with Crippen molar-refractivity contribution in [1.29, 1.82) is 0 Å². The van der Waals surface area contributed by atoms with Crippen molar-refractivity contribution in [3.8, 4) is 11.8 Å². The van der Waals surface area contributed by atoms with E-state index in [0.29, 0.717) is 13.1 Å². The molecule has 0 aliphatic carbocycles. The maximum absolute atomic E-state index is 11.7. The van der Waals surface area contributed by atoms with Gasteiger partial charge in [0.2, 0.25) is 0 Å². The van der Waals surface area contributed by atoms with Gasteiger partial charge in [0.15, 0.2) is 0 Å². The average molecular weight is 260 g/mol. The number of hydrogen-bond acceptors (Lipinski definition) is 3. The zero-order valence-corrected chi connectivity index (χ0v) is 11.6. The minimum atomic E-state index is -0.336. The fourth-order valence-electron chi connectivity index (χ4n) is 1.54. The zero-order chi connectivity index (χ0) is 14.3. The predicted octanol–water partition coefficient (Wildman–Crippen LogP) is 1.97. The van der Waals surface area contributed by atoms with Gasteiger partial charge in [0.05, 0.1) is 12.6 Å². The Kier molecular flexibility index (Phi) is 5.91. The highest BCUT2D eigenvalue weighted by Crippen LogP contribution is 2.11. The lowest BCUT2D eigenvalue weighted by Gasteiger charge is -2.19. The average Bonchev–Trinajstić information content (AvgIpc) is 2.36. The highest BCUT2D eigenvalue weighted by Gasteiger charge is 2.13. The molecule has 1 aromatic carbocycles. The maximum atomic E-state index is 11.7. The molecule has 1 aromatic rings. The molecule has 0 aliphatic rings. The van der Waals surface area contributed by atoms with Gasteiger partial charge in [-0.25, -0.2) is 4.79 Å². The Morgan fingerprint density at radius 2 is 2.11 bits per heavy atom. The number of ether oxygens (including phenoxy) is 1. The second-order valence-corrected chi connectivity index (χ2v) is 4.45. The summed E-state index contributed by atoms with van der Waals surface area (Å²) < 4.78 is 5.14. The molecule has 19 heavy (non-hydrogen) atoms. The molecule has 0 radical (unpaired) electrons. The van der Waals surface area contributed by atoms with E-state index in [0.717, 1.165) is 11.1 Å². The lowest BCUT2D eigenvalue weighted by atomic mass is 10.1. The van der Waals surface area contributed by atoms with Crippen LogP contribution in [0.2, 0.25) is 0 Å². The summed E-state index contributed by atoms with van der Waals surface area (Å²) in [5, 5.41) is 0. The minimum Gasteiger partial charge on any atom is -0.447 e. The van der Waals surface area contributed by atoms with Crippen LogP contribution < -0.4 is 5.73 Å². The van der Waals surface area contributed by atoms with Crippen molar-refractivity contribution < 1.29 is 9.53 Å². The molecule has 0 fully saturated rings. The third-order valence-electron chi connectivity index (χ3n) is 2.40. The Balaban J connectivity index is 2.79. The van der Waals surface area contributed by atoms with Crippen molar-refractivity contribution in [3.63, 3.8) is 0 Å². The molecule has 0 unspecified atom stereocenters. The quantitative estimate of drug-likeness (QED) is 0.845. The summed E-state index contributed by atoms with van der Waals surface area (Å²) >= 11 is 0. The highest BCUT2D eigenvalue weighted by molar-refractivity contribution is 5.67. The summed E-state index contributed by atoms with van der Waals surface area (Å²) in [6.45, 7) is 4.43. The van der Waals surface area contributed by atoms with E-state index in [9.17, 15) is 4.79 Å². The van der Waals surface area contributed by atoms with Crippen LogP contribution in [-0.4, -0.2) is 30.7 Å². The Morgan fingerprint density at radius 3 is 2.74 bits per heavy atom. The number of nitrogens with zero attached hydrogens (tertiary/aromatic N) is 1. The lowest BCUT2D eigenvalue weighted by Crippen LogP contribution is -2.29. The van der Waals surface area contributed by atoms with E-state index in [1.165, 1.54) is 4.90 Å². The molecular weight excluding hydrogens is 240 g/mol. The van der Waals surface area contributed by atoms with Crippen LogP contribution in [0.5, 0.6) is 0 Å². The topological polar surface area (TPSA) is 55.6 Å². The molecule has 0 aromatic heterocycles. The van der Waals surface area contributed by atoms with E-state index in [2.05, 4.69) is 11.8 Å². The van der Waals surface area contributed by atoms with Gasteiger partial charge in [-0.1, -0.05) is 30.0 Å². The van der Waals surface area contributed by atoms with Gasteiger partial charge in [-0.3, -0.25) is 0 Å². The van der Waals surface area contributed by atoms with E-state index in [1.807, 2.05) is 38.1 Å². The first-order valence-electron chi connectivity index (χ1n) is 6.23. The zero-order valence-electron chi connectivity index (χ0n) is 11.6. The molecule has 0 aliphatic heterocycles. The molecule has 0 saturated carbocycles. The fourth-order valence-corrected chi connectivity index (χ4v) is 1.54. The number of hydrogen-bond donors (Lipinski definition) is 1. The summed E-state index contributed by atoms with van der Waals surface area (Å²) in [7, 11) is 1.71. The second kappa shape index (κ2) is 7.45. The van der Waals surface area contributed by atoms with Crippen LogP contribution in [0, 0.1) is 11.8 Å². The SMILES string of the molecule is CC(C)OC(=O)N(C)Cc1ccccc1C#CCN. The van der Waals surface area contributed by atoms with Crippen LogP contribution in [0.4, 0.5) is 4.79 Å². The Bertz CT molecular complexity index is 486. The smallest absolute Gasteiger partial charge is 0.410 e. The van der Waals surface area contributed by atoms with Gasteiger partial charge in [-0.2, -0.15) is 0 Å². The van der Waals surface area contributed by atoms with Crippen molar-refractivity contribution in [3.05, 3.63) is 35.4 Å². The Labute approximate surface area is 114 Å². The first-order chi connectivity index (χ1) is 9.04. The molecule has 102 valence electrons. The van der Waals surface area contributed by atoms with Crippen molar-refractivity contribution in [1.82, 2.24) is 4.90 Å². The van der Waals surface area contributed by atoms with E-state index in [-0.39, 0.29) is 12.2 Å². The van der Waals surface area contributed by atoms with E-state index in [1.54, 1.807) is 7.05 Å². The van der Waals surface area contributed by atoms with Gasteiger partial charge < -0.3 is 15.4 Å². The number of rotatable bonds is 3. The number of carbonyl (C=O) groups is 1. The van der Waals surface area contributed by atoms with E-state index >= 15 is 0 Å². The summed E-state index contributed by atoms with van der Waals surface area (Å²) in [6, 6.07) is 7.69. The Hall–Kier alpha value is -1.99. The van der Waals surface area contributed by atoms with Crippen molar-refractivity contribution in [2.24, 2.45) is 5.73 Å². The molecule has 1 rings (SSSR count). The lowest BCUT2D eigenvalue weighted by molar-refractivity contribution is 0.0822. The van der Waals surface area contributed by atoms with Crippen LogP contribution in [0.1, 0.15) is 25.0 Å². The first-order valence-corrected chi connectivity index (χ1v) is 6.23. The molecule has 0 saturated heterocycles. The number of nitrogens with two attached hydrogens (primary N) is 1. The largest absolute Gasteiger partial charge is 0.447 e. The van der Waals surface area contributed by atoms with E-state index < -0.39 is 0 Å². The van der Waals surface area contributed by atoms with Crippen molar-refractivity contribution in [2.75, 3.05) is 13.6 Å². The summed E-state index contributed by atoms with van der Waals surface area (Å²) in [4.78, 5) is 13.3. The van der Waals surface area contributed by atoms with Crippen molar-refractivity contribution >= 4 is 6.09 Å². The van der Waals surface area contributed by atoms with Crippen molar-refractivity contribution in [2.45, 2.75) is 26.5 Å². The predicted molar refractivity (Wildman–Crippen MR) is 75.5 cm³/mol. The normalized spacial score (nSPS) is 9.74. The number of benzene rings is 1. The van der Waals surface area contributed by atoms with Gasteiger partial charge in [-0.15, -0.1) is 0 Å². The standard InChI is InChI=1S/C15H20N2O2/c1-12(2)19-15(18)17(3)11-14-8-5-4-7-13(14)9-6-10-16/h4-5,7-8,12H,10-11,16H2,1-3H3. The van der Waals surface area contributed by atoms with Crippen LogP contribution in [0.3, 0.4) is 0 Å². The molecule has 0 spiro atoms. The molecule has 4 nitrogen and oxygen atoms in total. The summed E-state index contributed by atoms with van der Waals surface area (Å²) in [5.41, 5.74) is 7.24. The van der Waals surface area contributed by atoms with Crippen LogP contribution in [-0.2, 0) is 11.3 Å². The molecule has 0 heterocycles. The van der Waals surface area contributed by atoms with Gasteiger partial charge in [0.1, 0.15) is 0 Å². The third kappa shape index (κ3) is 5.02. The molecule has 0 bridgehead atoms. The molecule has 4 heteroatoms. The number of amides is 1. The summed E-state index contributed by atoms with van der Waals surface area (Å²) in [5.74, 6) is 5.83. The maximum Gasteiger partial charge on any atom is 0.410 e. The van der Waals surface area contributed by atoms with Crippen LogP contribution in [0.15, 0.2) is 24.3 Å². The highest BCUT2D eigenvalue weighted by atomic mass is 16.6. The molecule has 2 N–H and O–H groups in total. The van der Waals surface area contributed by atoms with Gasteiger partial charge in [0, 0.05) is 19.2 Å². The van der Waals surface area contributed by atoms with Gasteiger partial charge >= 0.3 is 6.09 Å². The molecular formula is C15H20N2O2. The Morgan fingerprint density at radius 1 is 1.42 bits per heavy atom. The van der Waals surface area contributed by atoms with Gasteiger partial charge in [0.25, 0.3) is 0 Å². The second-order valence-electron chi connectivity index (χ2n) is 4.45. The van der Waals surface area contributed by atoms with Crippen LogP contribution >= 0.6 is 0 Å². The van der Waals surface area contributed by atoms with Crippen LogP contribution in [0.25, 0.3) is 0 Å². The number of carbonyl (C=O) groups excluding carboxylic acids is 1. The molecule has 0 atom stereocenters. The first kappa shape index (κ1) is 15.1. The fraction of sp³-hybridized carbons (Fsp3) is 0.400.